The van der Waals surface area contributed by atoms with Gasteiger partial charge in [0.25, 0.3) is 17.3 Å². The number of benzene rings is 3. The molecule has 0 atom stereocenters. The van der Waals surface area contributed by atoms with Gasteiger partial charge in [-0.25, -0.2) is 0 Å². The number of hydrogen-bond acceptors (Lipinski definition) is 8. The summed E-state index contributed by atoms with van der Waals surface area (Å²) < 4.78 is 5.66. The molecule has 0 saturated heterocycles. The van der Waals surface area contributed by atoms with Crippen LogP contribution in [-0.4, -0.2) is 15.8 Å². The van der Waals surface area contributed by atoms with E-state index in [0.717, 1.165) is 18.2 Å². The molecule has 0 bridgehead atoms. The van der Waals surface area contributed by atoms with E-state index >= 15 is 0 Å². The molecule has 3 aromatic carbocycles. The predicted molar refractivity (Wildman–Crippen MR) is 130 cm³/mol. The number of nitrogens with zero attached hydrogens (tertiary/aromatic N) is 4. The summed E-state index contributed by atoms with van der Waals surface area (Å²) in [6.07, 6.45) is 1.25. The van der Waals surface area contributed by atoms with Crippen molar-refractivity contribution in [3.05, 3.63) is 102 Å². The topological polar surface area (TPSA) is 172 Å². The lowest BCUT2D eigenvalue weighted by molar-refractivity contribution is -0.385. The van der Waals surface area contributed by atoms with Gasteiger partial charge >= 0.3 is 0 Å². The number of hydrogen-bond donors (Lipinski definition) is 1. The van der Waals surface area contributed by atoms with Crippen molar-refractivity contribution in [1.29, 1.82) is 10.5 Å². The van der Waals surface area contributed by atoms with Crippen molar-refractivity contribution < 1.29 is 19.4 Å². The first-order chi connectivity index (χ1) is 17.1. The van der Waals surface area contributed by atoms with Crippen molar-refractivity contribution in [3.63, 3.8) is 0 Å². The number of rotatable bonds is 7. The van der Waals surface area contributed by atoms with Crippen LogP contribution in [0.25, 0.3) is 6.08 Å². The number of non-ortho nitro benzene ring substituents is 2. The fourth-order valence-electron chi connectivity index (χ4n) is 2.88. The number of anilines is 1. The number of nitrogens with one attached hydrogen (secondary N) is 1. The van der Waals surface area contributed by atoms with Gasteiger partial charge in [-0.15, -0.1) is 0 Å². The minimum Gasteiger partial charge on any atom is -0.456 e. The maximum atomic E-state index is 12.6. The Morgan fingerprint density at radius 1 is 0.972 bits per heavy atom. The van der Waals surface area contributed by atoms with E-state index in [1.165, 1.54) is 24.3 Å². The SMILES string of the molecule is N#C/C(=C\c1cccc(Oc2ccc([N+](=O)[O-])cc2C#N)c1)C(=O)Nc1c(Cl)cc([N+](=O)[O-])cc1Cl. The first-order valence-corrected chi connectivity index (χ1v) is 10.4. The zero-order valence-electron chi connectivity index (χ0n) is 17.8. The average Bonchev–Trinajstić information content (AvgIpc) is 2.84. The minimum absolute atomic E-state index is 0.0564. The van der Waals surface area contributed by atoms with E-state index < -0.39 is 15.8 Å². The van der Waals surface area contributed by atoms with Crippen LogP contribution in [0.15, 0.2) is 60.2 Å². The zero-order chi connectivity index (χ0) is 26.4. The number of carbonyl (C=O) groups is 1. The first kappa shape index (κ1) is 25.6. The van der Waals surface area contributed by atoms with Crippen LogP contribution in [-0.2, 0) is 4.79 Å². The molecule has 3 aromatic rings. The third kappa shape index (κ3) is 5.93. The monoisotopic (exact) mass is 523 g/mol. The molecule has 0 spiro atoms. The van der Waals surface area contributed by atoms with Crippen molar-refractivity contribution in [3.8, 4) is 23.6 Å². The highest BCUT2D eigenvalue weighted by Crippen LogP contribution is 2.35. The van der Waals surface area contributed by atoms with E-state index in [4.69, 9.17) is 27.9 Å². The maximum Gasteiger partial charge on any atom is 0.272 e. The minimum atomic E-state index is -0.872. The zero-order valence-corrected chi connectivity index (χ0v) is 19.3. The van der Waals surface area contributed by atoms with Crippen molar-refractivity contribution in [2.75, 3.05) is 5.32 Å². The molecule has 36 heavy (non-hydrogen) atoms. The molecule has 1 amide bonds. The number of nitro groups is 2. The van der Waals surface area contributed by atoms with Crippen molar-refractivity contribution in [2.24, 2.45) is 0 Å². The van der Waals surface area contributed by atoms with Crippen LogP contribution in [0.5, 0.6) is 11.5 Å². The van der Waals surface area contributed by atoms with Gasteiger partial charge in [0, 0.05) is 24.3 Å². The fraction of sp³-hybridized carbons (Fsp3) is 0. The van der Waals surface area contributed by atoms with Gasteiger partial charge in [0.2, 0.25) is 0 Å². The van der Waals surface area contributed by atoms with E-state index in [0.29, 0.717) is 5.56 Å². The average molecular weight is 524 g/mol. The second-order valence-electron chi connectivity index (χ2n) is 6.89. The van der Waals surface area contributed by atoms with Crippen LogP contribution in [0.4, 0.5) is 17.1 Å². The molecule has 0 fully saturated rings. The summed E-state index contributed by atoms with van der Waals surface area (Å²) in [5, 5.41) is 42.6. The number of halogens is 2. The third-order valence-corrected chi connectivity index (χ3v) is 5.13. The van der Waals surface area contributed by atoms with Gasteiger partial charge in [0.15, 0.2) is 0 Å². The van der Waals surface area contributed by atoms with Crippen LogP contribution in [0.2, 0.25) is 10.0 Å². The molecule has 0 aliphatic rings. The normalized spacial score (nSPS) is 10.6. The molecular weight excluding hydrogens is 513 g/mol. The number of nitriles is 2. The summed E-state index contributed by atoms with van der Waals surface area (Å²) in [4.78, 5) is 33.1. The molecule has 178 valence electrons. The molecule has 0 aromatic heterocycles. The Morgan fingerprint density at radius 3 is 2.22 bits per heavy atom. The third-order valence-electron chi connectivity index (χ3n) is 4.53. The fourth-order valence-corrected chi connectivity index (χ4v) is 3.45. The van der Waals surface area contributed by atoms with Gasteiger partial charge in [-0.2, -0.15) is 10.5 Å². The second kappa shape index (κ2) is 11.0. The molecule has 11 nitrogen and oxygen atoms in total. The van der Waals surface area contributed by atoms with E-state index in [2.05, 4.69) is 5.32 Å². The summed E-state index contributed by atoms with van der Waals surface area (Å²) in [6.45, 7) is 0. The highest BCUT2D eigenvalue weighted by Gasteiger charge is 2.19. The summed E-state index contributed by atoms with van der Waals surface area (Å²) >= 11 is 12.0. The number of ether oxygens (including phenoxy) is 1. The lowest BCUT2D eigenvalue weighted by Gasteiger charge is -2.09. The second-order valence-corrected chi connectivity index (χ2v) is 7.70. The van der Waals surface area contributed by atoms with Gasteiger partial charge in [0.1, 0.15) is 34.8 Å². The smallest absolute Gasteiger partial charge is 0.272 e. The first-order valence-electron chi connectivity index (χ1n) is 9.66. The van der Waals surface area contributed by atoms with Gasteiger partial charge in [-0.3, -0.25) is 25.0 Å². The predicted octanol–water partition coefficient (Wildman–Crippen LogP) is 6.02. The molecule has 13 heteroatoms. The Bertz CT molecular complexity index is 1500. The maximum absolute atomic E-state index is 12.6. The Labute approximate surface area is 212 Å². The molecule has 0 heterocycles. The largest absolute Gasteiger partial charge is 0.456 e. The van der Waals surface area contributed by atoms with Gasteiger partial charge in [-0.1, -0.05) is 35.3 Å². The molecule has 3 rings (SSSR count). The standard InChI is InChI=1S/C23H11Cl2N5O6/c24-19-9-17(30(34)35)10-20(25)22(19)28-23(31)15(12-27)6-13-2-1-3-18(7-13)36-21-5-4-16(29(32)33)8-14(21)11-26/h1-10H,(H,28,31)/b15-6+. The Morgan fingerprint density at radius 2 is 1.64 bits per heavy atom. The molecule has 0 saturated carbocycles. The molecule has 0 aliphatic heterocycles. The van der Waals surface area contributed by atoms with Gasteiger partial charge < -0.3 is 10.1 Å². The van der Waals surface area contributed by atoms with Gasteiger partial charge in [-0.05, 0) is 29.8 Å². The molecule has 0 radical (unpaired) electrons. The van der Waals surface area contributed by atoms with E-state index in [-0.39, 0.29) is 49.7 Å². The summed E-state index contributed by atoms with van der Waals surface area (Å²) in [7, 11) is 0. The number of amides is 1. The summed E-state index contributed by atoms with van der Waals surface area (Å²) in [5.41, 5.74) is -0.767. The van der Waals surface area contributed by atoms with E-state index in [9.17, 15) is 35.5 Å². The van der Waals surface area contributed by atoms with Crippen LogP contribution in [0.3, 0.4) is 0 Å². The Balaban J connectivity index is 1.85. The number of carbonyl (C=O) groups excluding carboxylic acids is 1. The van der Waals surface area contributed by atoms with Gasteiger partial charge in [0.05, 0.1) is 25.6 Å². The summed E-state index contributed by atoms with van der Waals surface area (Å²) in [6, 6.07) is 15.3. The van der Waals surface area contributed by atoms with Crippen molar-refractivity contribution in [2.45, 2.75) is 0 Å². The molecule has 1 N–H and O–H groups in total. The molecule has 0 aliphatic carbocycles. The highest BCUT2D eigenvalue weighted by atomic mass is 35.5. The number of nitro benzene ring substituents is 2. The van der Waals surface area contributed by atoms with Crippen molar-refractivity contribution >= 4 is 52.2 Å². The lowest BCUT2D eigenvalue weighted by atomic mass is 10.1. The van der Waals surface area contributed by atoms with E-state index in [1.54, 1.807) is 24.3 Å². The quantitative estimate of drug-likeness (QED) is 0.169. The summed E-state index contributed by atoms with van der Waals surface area (Å²) in [5.74, 6) is -0.568. The Kier molecular flexibility index (Phi) is 7.82. The highest BCUT2D eigenvalue weighted by molar-refractivity contribution is 6.40. The Hall–Kier alpha value is -4.97. The van der Waals surface area contributed by atoms with Crippen LogP contribution in [0.1, 0.15) is 11.1 Å². The molecular formula is C23H11Cl2N5O6. The van der Waals surface area contributed by atoms with Crippen molar-refractivity contribution in [1.82, 2.24) is 0 Å². The molecule has 0 unspecified atom stereocenters. The van der Waals surface area contributed by atoms with Crippen LogP contribution < -0.4 is 10.1 Å². The lowest BCUT2D eigenvalue weighted by Crippen LogP contribution is -2.14. The van der Waals surface area contributed by atoms with Crippen LogP contribution in [0, 0.1) is 42.9 Å². The van der Waals surface area contributed by atoms with E-state index in [1.807, 2.05) is 6.07 Å². The van der Waals surface area contributed by atoms with Crippen LogP contribution >= 0.6 is 23.2 Å².